The van der Waals surface area contributed by atoms with Gasteiger partial charge in [-0.1, -0.05) is 0 Å². The molecule has 0 unspecified atom stereocenters. The van der Waals surface area contributed by atoms with Crippen molar-refractivity contribution in [1.29, 1.82) is 0 Å². The molecule has 3 rings (SSSR count). The highest BCUT2D eigenvalue weighted by Crippen LogP contribution is 2.41. The largest absolute Gasteiger partial charge is 0.476 e. The van der Waals surface area contributed by atoms with E-state index in [1.807, 2.05) is 7.05 Å². The van der Waals surface area contributed by atoms with Crippen molar-refractivity contribution < 1.29 is 14.7 Å². The number of carboxylic acid groups (broad SMARTS) is 1. The molecule has 2 aromatic heterocycles. The van der Waals surface area contributed by atoms with E-state index < -0.39 is 5.97 Å². The first kappa shape index (κ1) is 13.7. The van der Waals surface area contributed by atoms with Gasteiger partial charge in [-0.15, -0.1) is 11.3 Å². The van der Waals surface area contributed by atoms with E-state index in [-0.39, 0.29) is 18.1 Å². The Morgan fingerprint density at radius 2 is 2.29 bits per heavy atom. The Hall–Kier alpha value is -2.22. The van der Waals surface area contributed by atoms with Crippen molar-refractivity contribution in [3.8, 4) is 0 Å². The Morgan fingerprint density at radius 3 is 2.90 bits per heavy atom. The molecule has 8 heteroatoms. The maximum Gasteiger partial charge on any atom is 0.355 e. The van der Waals surface area contributed by atoms with Crippen LogP contribution in [-0.4, -0.2) is 31.7 Å². The molecular formula is C13H14N4O3S. The predicted octanol–water partition coefficient (Wildman–Crippen LogP) is 1.38. The number of aromatic carboxylic acids is 1. The highest BCUT2D eigenvalue weighted by molar-refractivity contribution is 7.09. The van der Waals surface area contributed by atoms with Crippen molar-refractivity contribution in [3.63, 3.8) is 0 Å². The standard InChI is InChI=1S/C13H14N4O3S/c1-17-11(7-2-3-7)8(4-15-17)12(18)14-5-10-16-9(6-21-10)13(19)20/h4,6-7H,2-3,5H2,1H3,(H,14,18)(H,19,20). The number of aryl methyl sites for hydroxylation is 1. The van der Waals surface area contributed by atoms with Crippen molar-refractivity contribution in [2.24, 2.45) is 7.05 Å². The number of nitrogens with zero attached hydrogens (tertiary/aromatic N) is 3. The van der Waals surface area contributed by atoms with Gasteiger partial charge in [-0.25, -0.2) is 9.78 Å². The van der Waals surface area contributed by atoms with Crippen LogP contribution in [0.25, 0.3) is 0 Å². The van der Waals surface area contributed by atoms with Crippen molar-refractivity contribution in [2.45, 2.75) is 25.3 Å². The molecule has 0 atom stereocenters. The van der Waals surface area contributed by atoms with Gasteiger partial charge in [0, 0.05) is 18.3 Å². The number of carbonyl (C=O) groups is 2. The van der Waals surface area contributed by atoms with Gasteiger partial charge < -0.3 is 10.4 Å². The second-order valence-electron chi connectivity index (χ2n) is 4.96. The van der Waals surface area contributed by atoms with Crippen molar-refractivity contribution in [2.75, 3.05) is 0 Å². The Balaban J connectivity index is 1.67. The summed E-state index contributed by atoms with van der Waals surface area (Å²) in [5.41, 5.74) is 1.57. The summed E-state index contributed by atoms with van der Waals surface area (Å²) in [6.45, 7) is 0.218. The fraction of sp³-hybridized carbons (Fsp3) is 0.385. The Bertz CT molecular complexity index is 702. The number of rotatable bonds is 5. The van der Waals surface area contributed by atoms with E-state index in [1.165, 1.54) is 16.7 Å². The van der Waals surface area contributed by atoms with Crippen LogP contribution in [0.2, 0.25) is 0 Å². The lowest BCUT2D eigenvalue weighted by atomic mass is 10.1. The molecule has 7 nitrogen and oxygen atoms in total. The summed E-state index contributed by atoms with van der Waals surface area (Å²) in [5.74, 6) is -0.832. The average Bonchev–Trinajstić information content (AvgIpc) is 3.03. The van der Waals surface area contributed by atoms with Crippen LogP contribution in [-0.2, 0) is 13.6 Å². The lowest BCUT2D eigenvalue weighted by molar-refractivity contribution is 0.0691. The molecule has 0 bridgehead atoms. The van der Waals surface area contributed by atoms with Crippen LogP contribution in [0.5, 0.6) is 0 Å². The highest BCUT2D eigenvalue weighted by atomic mass is 32.1. The van der Waals surface area contributed by atoms with Crippen LogP contribution in [0.3, 0.4) is 0 Å². The van der Waals surface area contributed by atoms with Crippen LogP contribution in [0.4, 0.5) is 0 Å². The molecule has 1 saturated carbocycles. The molecule has 0 spiro atoms. The number of hydrogen-bond donors (Lipinski definition) is 2. The quantitative estimate of drug-likeness (QED) is 0.870. The van der Waals surface area contributed by atoms with E-state index in [0.717, 1.165) is 18.5 Å². The molecule has 2 N–H and O–H groups in total. The molecule has 2 aromatic rings. The number of carbonyl (C=O) groups excluding carboxylic acids is 1. The van der Waals surface area contributed by atoms with Gasteiger partial charge in [-0.05, 0) is 12.8 Å². The second-order valence-corrected chi connectivity index (χ2v) is 5.90. The summed E-state index contributed by atoms with van der Waals surface area (Å²) in [6.07, 6.45) is 3.76. The molecule has 0 saturated heterocycles. The zero-order chi connectivity index (χ0) is 15.0. The van der Waals surface area contributed by atoms with Gasteiger partial charge in [0.05, 0.1) is 24.0 Å². The third-order valence-corrected chi connectivity index (χ3v) is 4.21. The van der Waals surface area contributed by atoms with Crippen LogP contribution >= 0.6 is 11.3 Å². The predicted molar refractivity (Wildman–Crippen MR) is 75.4 cm³/mol. The molecule has 0 radical (unpaired) electrons. The van der Waals surface area contributed by atoms with Gasteiger partial charge in [0.1, 0.15) is 5.01 Å². The second kappa shape index (κ2) is 5.28. The zero-order valence-electron chi connectivity index (χ0n) is 11.4. The monoisotopic (exact) mass is 306 g/mol. The summed E-state index contributed by atoms with van der Waals surface area (Å²) < 4.78 is 1.75. The number of amides is 1. The van der Waals surface area contributed by atoms with Gasteiger partial charge in [0.15, 0.2) is 5.69 Å². The minimum Gasteiger partial charge on any atom is -0.476 e. The molecule has 1 amide bonds. The number of thiazole rings is 1. The normalized spacial score (nSPS) is 14.1. The Kier molecular flexibility index (Phi) is 3.46. The summed E-state index contributed by atoms with van der Waals surface area (Å²) in [4.78, 5) is 26.9. The first-order valence-electron chi connectivity index (χ1n) is 6.54. The van der Waals surface area contributed by atoms with Crippen molar-refractivity contribution in [3.05, 3.63) is 33.5 Å². The topological polar surface area (TPSA) is 97.1 Å². The molecule has 1 aliphatic rings. The third-order valence-electron chi connectivity index (χ3n) is 3.36. The summed E-state index contributed by atoms with van der Waals surface area (Å²) in [5, 5.41) is 17.7. The number of hydrogen-bond acceptors (Lipinski definition) is 5. The highest BCUT2D eigenvalue weighted by Gasteiger charge is 2.31. The molecule has 21 heavy (non-hydrogen) atoms. The first-order valence-corrected chi connectivity index (χ1v) is 7.42. The van der Waals surface area contributed by atoms with Gasteiger partial charge in [0.25, 0.3) is 5.91 Å². The van der Waals surface area contributed by atoms with E-state index in [2.05, 4.69) is 15.4 Å². The lowest BCUT2D eigenvalue weighted by Gasteiger charge is -2.05. The van der Waals surface area contributed by atoms with Crippen molar-refractivity contribution in [1.82, 2.24) is 20.1 Å². The smallest absolute Gasteiger partial charge is 0.355 e. The van der Waals surface area contributed by atoms with Gasteiger partial charge in [0.2, 0.25) is 0 Å². The minimum atomic E-state index is -1.06. The van der Waals surface area contributed by atoms with Crippen LogP contribution in [0, 0.1) is 0 Å². The van der Waals surface area contributed by atoms with E-state index in [0.29, 0.717) is 16.5 Å². The molecular weight excluding hydrogens is 292 g/mol. The number of aromatic nitrogens is 3. The molecule has 0 aromatic carbocycles. The first-order chi connectivity index (χ1) is 10.1. The maximum absolute atomic E-state index is 12.2. The third kappa shape index (κ3) is 2.80. The fourth-order valence-corrected chi connectivity index (χ4v) is 2.91. The van der Waals surface area contributed by atoms with Gasteiger partial charge >= 0.3 is 5.97 Å². The van der Waals surface area contributed by atoms with Crippen LogP contribution in [0.1, 0.15) is 50.3 Å². The van der Waals surface area contributed by atoms with Crippen LogP contribution < -0.4 is 5.32 Å². The van der Waals surface area contributed by atoms with Crippen molar-refractivity contribution >= 4 is 23.2 Å². The Labute approximate surface area is 124 Å². The SMILES string of the molecule is Cn1ncc(C(=O)NCc2nc(C(=O)O)cs2)c1C1CC1. The van der Waals surface area contributed by atoms with E-state index in [4.69, 9.17) is 5.11 Å². The summed E-state index contributed by atoms with van der Waals surface area (Å²) >= 11 is 1.22. The van der Waals surface area contributed by atoms with Crippen LogP contribution in [0.15, 0.2) is 11.6 Å². The van der Waals surface area contributed by atoms with Gasteiger partial charge in [-0.3, -0.25) is 9.48 Å². The number of carboxylic acids is 1. The molecule has 2 heterocycles. The number of nitrogens with one attached hydrogen (secondary N) is 1. The average molecular weight is 306 g/mol. The van der Waals surface area contributed by atoms with E-state index in [1.54, 1.807) is 10.9 Å². The van der Waals surface area contributed by atoms with E-state index in [9.17, 15) is 9.59 Å². The van der Waals surface area contributed by atoms with E-state index >= 15 is 0 Å². The lowest BCUT2D eigenvalue weighted by Crippen LogP contribution is -2.23. The molecule has 1 aliphatic carbocycles. The molecule has 0 aliphatic heterocycles. The molecule has 1 fully saturated rings. The van der Waals surface area contributed by atoms with Gasteiger partial charge in [-0.2, -0.15) is 5.10 Å². The zero-order valence-corrected chi connectivity index (χ0v) is 12.2. The molecule has 110 valence electrons. The maximum atomic E-state index is 12.2. The summed E-state index contributed by atoms with van der Waals surface area (Å²) in [6, 6.07) is 0. The Morgan fingerprint density at radius 1 is 1.52 bits per heavy atom. The minimum absolute atomic E-state index is 0.00398. The summed E-state index contributed by atoms with van der Waals surface area (Å²) in [7, 11) is 1.84. The fourth-order valence-electron chi connectivity index (χ4n) is 2.20.